The van der Waals surface area contributed by atoms with Crippen LogP contribution in [0.4, 0.5) is 5.82 Å². The van der Waals surface area contributed by atoms with Gasteiger partial charge in [0.05, 0.1) is 4.90 Å². The molecule has 3 rings (SSSR count). The number of aromatic nitrogens is 1. The lowest BCUT2D eigenvalue weighted by Crippen LogP contribution is -2.13. The van der Waals surface area contributed by atoms with E-state index in [0.29, 0.717) is 5.76 Å². The number of nitrogens with one attached hydrogen (secondary N) is 1. The minimum absolute atomic E-state index is 0.173. The van der Waals surface area contributed by atoms with E-state index in [9.17, 15) is 8.42 Å². The molecule has 0 bridgehead atoms. The largest absolute Gasteiger partial charge is 0.360 e. The monoisotopic (exact) mass is 342 g/mol. The van der Waals surface area contributed by atoms with E-state index in [0.717, 1.165) is 17.5 Å². The van der Waals surface area contributed by atoms with Crippen molar-refractivity contribution in [1.29, 1.82) is 0 Å². The first-order valence-corrected chi connectivity index (χ1v) is 9.12. The Balaban J connectivity index is 1.82. The lowest BCUT2D eigenvalue weighted by Gasteiger charge is -2.07. The predicted octanol–water partition coefficient (Wildman–Crippen LogP) is 4.01. The summed E-state index contributed by atoms with van der Waals surface area (Å²) in [5, 5.41) is 3.64. The number of rotatable bonds is 5. The summed E-state index contributed by atoms with van der Waals surface area (Å²) in [6, 6.07) is 16.5. The molecular formula is C18H18N2O3S. The first-order chi connectivity index (χ1) is 11.5. The molecule has 0 spiro atoms. The van der Waals surface area contributed by atoms with Gasteiger partial charge in [0, 0.05) is 6.07 Å². The Morgan fingerprint density at radius 3 is 2.08 bits per heavy atom. The Kier molecular flexibility index (Phi) is 4.40. The normalized spacial score (nSPS) is 11.4. The zero-order valence-electron chi connectivity index (χ0n) is 13.5. The second kappa shape index (κ2) is 6.49. The summed E-state index contributed by atoms with van der Waals surface area (Å²) in [6.07, 6.45) is 0.991. The number of anilines is 1. The molecule has 0 radical (unpaired) electrons. The van der Waals surface area contributed by atoms with E-state index < -0.39 is 10.0 Å². The first kappa shape index (κ1) is 16.3. The van der Waals surface area contributed by atoms with Crippen LogP contribution < -0.4 is 4.72 Å². The second-order valence-electron chi connectivity index (χ2n) is 5.50. The van der Waals surface area contributed by atoms with Crippen LogP contribution in [0.5, 0.6) is 0 Å². The van der Waals surface area contributed by atoms with Gasteiger partial charge < -0.3 is 4.52 Å². The van der Waals surface area contributed by atoms with E-state index in [-0.39, 0.29) is 10.7 Å². The van der Waals surface area contributed by atoms with Gasteiger partial charge in [-0.3, -0.25) is 4.72 Å². The summed E-state index contributed by atoms with van der Waals surface area (Å²) >= 11 is 0. The highest BCUT2D eigenvalue weighted by molar-refractivity contribution is 7.92. The van der Waals surface area contributed by atoms with Crippen molar-refractivity contribution < 1.29 is 12.9 Å². The molecule has 124 valence electrons. The molecule has 0 aliphatic carbocycles. The molecule has 0 fully saturated rings. The summed E-state index contributed by atoms with van der Waals surface area (Å²) in [7, 11) is -3.68. The Morgan fingerprint density at radius 1 is 1.00 bits per heavy atom. The summed E-state index contributed by atoms with van der Waals surface area (Å²) in [5.74, 6) is 0.713. The van der Waals surface area contributed by atoms with Crippen LogP contribution in [0.25, 0.3) is 11.1 Å². The van der Waals surface area contributed by atoms with Gasteiger partial charge in [-0.05, 0) is 42.2 Å². The maximum Gasteiger partial charge on any atom is 0.263 e. The molecule has 0 atom stereocenters. The summed E-state index contributed by atoms with van der Waals surface area (Å²) < 4.78 is 32.0. The Labute approximate surface area is 141 Å². The third kappa shape index (κ3) is 3.49. The zero-order valence-corrected chi connectivity index (χ0v) is 14.3. The molecule has 24 heavy (non-hydrogen) atoms. The van der Waals surface area contributed by atoms with E-state index >= 15 is 0 Å². The van der Waals surface area contributed by atoms with Gasteiger partial charge in [-0.1, -0.05) is 48.5 Å². The fourth-order valence-corrected chi connectivity index (χ4v) is 3.35. The maximum absolute atomic E-state index is 12.3. The maximum atomic E-state index is 12.3. The zero-order chi connectivity index (χ0) is 17.2. The van der Waals surface area contributed by atoms with E-state index in [2.05, 4.69) is 28.9 Å². The van der Waals surface area contributed by atoms with Crippen molar-refractivity contribution in [2.45, 2.75) is 25.2 Å². The Bertz CT molecular complexity index is 927. The number of hydrogen-bond donors (Lipinski definition) is 1. The molecule has 2 aromatic carbocycles. The molecule has 6 heteroatoms. The van der Waals surface area contributed by atoms with Crippen molar-refractivity contribution in [2.24, 2.45) is 0 Å². The summed E-state index contributed by atoms with van der Waals surface area (Å²) in [5.41, 5.74) is 3.29. The summed E-state index contributed by atoms with van der Waals surface area (Å²) in [6.45, 7) is 3.81. The van der Waals surface area contributed by atoms with Crippen LogP contribution in [-0.2, 0) is 16.4 Å². The molecule has 5 nitrogen and oxygen atoms in total. The van der Waals surface area contributed by atoms with E-state index in [1.54, 1.807) is 31.2 Å². The quantitative estimate of drug-likeness (QED) is 0.760. The lowest BCUT2D eigenvalue weighted by molar-refractivity contribution is 0.400. The van der Waals surface area contributed by atoms with Crippen LogP contribution >= 0.6 is 0 Å². The van der Waals surface area contributed by atoms with Crippen LogP contribution in [0.1, 0.15) is 18.2 Å². The van der Waals surface area contributed by atoms with Crippen molar-refractivity contribution in [3.05, 3.63) is 65.9 Å². The average molecular weight is 342 g/mol. The molecule has 0 unspecified atom stereocenters. The minimum atomic E-state index is -3.68. The summed E-state index contributed by atoms with van der Waals surface area (Å²) in [4.78, 5) is 0.178. The van der Waals surface area contributed by atoms with E-state index in [1.165, 1.54) is 11.6 Å². The van der Waals surface area contributed by atoms with Gasteiger partial charge in [0.2, 0.25) is 0 Å². The minimum Gasteiger partial charge on any atom is -0.360 e. The first-order valence-electron chi connectivity index (χ1n) is 7.63. The van der Waals surface area contributed by atoms with Crippen molar-refractivity contribution in [1.82, 2.24) is 5.16 Å². The topological polar surface area (TPSA) is 72.2 Å². The van der Waals surface area contributed by atoms with Gasteiger partial charge >= 0.3 is 0 Å². The van der Waals surface area contributed by atoms with Gasteiger partial charge in [-0.2, -0.15) is 0 Å². The fourth-order valence-electron chi connectivity index (χ4n) is 2.37. The van der Waals surface area contributed by atoms with Gasteiger partial charge in [0.25, 0.3) is 10.0 Å². The van der Waals surface area contributed by atoms with Crippen LogP contribution in [0.15, 0.2) is 64.0 Å². The van der Waals surface area contributed by atoms with E-state index in [4.69, 9.17) is 4.52 Å². The van der Waals surface area contributed by atoms with Crippen LogP contribution in [-0.4, -0.2) is 13.6 Å². The Hall–Kier alpha value is -2.60. The highest BCUT2D eigenvalue weighted by Gasteiger charge is 2.16. The number of benzene rings is 2. The number of aryl methyl sites for hydroxylation is 2. The number of sulfonamides is 1. The molecular weight excluding hydrogens is 324 g/mol. The molecule has 0 aliphatic heterocycles. The lowest BCUT2D eigenvalue weighted by atomic mass is 10.0. The van der Waals surface area contributed by atoms with Crippen molar-refractivity contribution in [3.8, 4) is 11.1 Å². The van der Waals surface area contributed by atoms with Gasteiger partial charge in [-0.15, -0.1) is 0 Å². The van der Waals surface area contributed by atoms with Crippen LogP contribution in [0.2, 0.25) is 0 Å². The molecule has 3 aromatic rings. The highest BCUT2D eigenvalue weighted by atomic mass is 32.2. The average Bonchev–Trinajstić information content (AvgIpc) is 2.99. The fraction of sp³-hybridized carbons (Fsp3) is 0.167. The van der Waals surface area contributed by atoms with Gasteiger partial charge in [0.1, 0.15) is 5.76 Å². The molecule has 0 aliphatic rings. The number of nitrogens with zero attached hydrogens (tertiary/aromatic N) is 1. The SMILES string of the molecule is CCc1ccc(-c2ccc(S(=O)(=O)Nc3cc(C)on3)cc2)cc1. The van der Waals surface area contributed by atoms with Crippen LogP contribution in [0, 0.1) is 6.92 Å². The van der Waals surface area contributed by atoms with E-state index in [1.807, 2.05) is 12.1 Å². The molecule has 0 saturated heterocycles. The smallest absolute Gasteiger partial charge is 0.263 e. The van der Waals surface area contributed by atoms with Crippen LogP contribution in [0.3, 0.4) is 0 Å². The van der Waals surface area contributed by atoms with Gasteiger partial charge in [0.15, 0.2) is 5.82 Å². The van der Waals surface area contributed by atoms with Crippen molar-refractivity contribution in [3.63, 3.8) is 0 Å². The molecule has 0 saturated carbocycles. The third-order valence-corrected chi connectivity index (χ3v) is 5.10. The van der Waals surface area contributed by atoms with Gasteiger partial charge in [-0.25, -0.2) is 8.42 Å². The molecule has 1 aromatic heterocycles. The highest BCUT2D eigenvalue weighted by Crippen LogP contribution is 2.23. The van der Waals surface area contributed by atoms with Crippen molar-refractivity contribution >= 4 is 15.8 Å². The van der Waals surface area contributed by atoms with Crippen molar-refractivity contribution in [2.75, 3.05) is 4.72 Å². The standard InChI is InChI=1S/C18H18N2O3S/c1-3-14-4-6-15(7-5-14)16-8-10-17(11-9-16)24(21,22)20-18-12-13(2)23-19-18/h4-12H,3H2,1-2H3,(H,19,20). The Morgan fingerprint density at radius 2 is 1.58 bits per heavy atom. The number of hydrogen-bond acceptors (Lipinski definition) is 4. The third-order valence-electron chi connectivity index (χ3n) is 3.73. The molecule has 0 amide bonds. The predicted molar refractivity (Wildman–Crippen MR) is 93.3 cm³/mol. The molecule has 1 heterocycles. The second-order valence-corrected chi connectivity index (χ2v) is 7.19. The molecule has 1 N–H and O–H groups in total.